The summed E-state index contributed by atoms with van der Waals surface area (Å²) in [4.78, 5) is 0. The van der Waals surface area contributed by atoms with Crippen LogP contribution >= 0.6 is 0 Å². The molecule has 0 bridgehead atoms. The summed E-state index contributed by atoms with van der Waals surface area (Å²) in [5.74, 6) is -4.98. The summed E-state index contributed by atoms with van der Waals surface area (Å²) >= 11 is 0. The molecular weight excluding hydrogens is 252 g/mol. The minimum absolute atomic E-state index is 0. The van der Waals surface area contributed by atoms with Crippen molar-refractivity contribution in [3.05, 3.63) is 6.43 Å². The van der Waals surface area contributed by atoms with E-state index >= 15 is 0 Å². The van der Waals surface area contributed by atoms with E-state index < -0.39 is 18.4 Å². The fraction of sp³-hybridized carbons (Fsp3) is 0.667. The van der Waals surface area contributed by atoms with Crippen LogP contribution in [0.2, 0.25) is 0 Å². The first kappa shape index (κ1) is 14.2. The van der Waals surface area contributed by atoms with Crippen molar-refractivity contribution in [2.24, 2.45) is 0 Å². The third-order valence-corrected chi connectivity index (χ3v) is 0.659. The Bertz CT molecular complexity index is 121. The Kier molecular flexibility index (Phi) is 5.25. The van der Waals surface area contributed by atoms with E-state index in [9.17, 15) is 22.0 Å². The molecule has 0 saturated heterocycles. The molecule has 0 fully saturated rings. The molecule has 0 saturated carbocycles. The van der Waals surface area contributed by atoms with Crippen LogP contribution in [0.3, 0.4) is 0 Å². The summed E-state index contributed by atoms with van der Waals surface area (Å²) in [6.45, 7) is 0. The van der Waals surface area contributed by atoms with Crippen LogP contribution in [0.1, 0.15) is 0 Å². The van der Waals surface area contributed by atoms with Crippen LogP contribution in [0, 0.1) is 6.43 Å². The number of rotatable bonds is 1. The van der Waals surface area contributed by atoms with Crippen LogP contribution in [0.4, 0.5) is 22.0 Å². The Labute approximate surface area is 83.3 Å². The molecule has 65 valence electrons. The summed E-state index contributed by atoms with van der Waals surface area (Å²) in [5.41, 5.74) is 0. The minimum atomic E-state index is -5.76. The molecule has 0 aromatic rings. The molecule has 0 aliphatic carbocycles. The van der Waals surface area contributed by atoms with Crippen molar-refractivity contribution in [3.8, 4) is 0 Å². The Morgan fingerprint density at radius 2 is 1.27 bits per heavy atom. The SMILES string of the molecule is OC(O)([C-](F)F)C(F)(F)F.[Y]. The molecule has 0 heterocycles. The molecule has 0 aromatic heterocycles. The Hall–Kier alpha value is 0.674. The van der Waals surface area contributed by atoms with Gasteiger partial charge in [-0.2, -0.15) is 13.2 Å². The second-order valence-electron chi connectivity index (χ2n) is 1.43. The Morgan fingerprint density at radius 3 is 1.27 bits per heavy atom. The topological polar surface area (TPSA) is 40.5 Å². The van der Waals surface area contributed by atoms with Crippen LogP contribution in [-0.2, 0) is 32.7 Å². The standard InChI is InChI=1S/C3H2F5O2.Y/c4-1(5)2(9,10)3(6,7)8;/h9-10H;/q-1;. The van der Waals surface area contributed by atoms with Crippen molar-refractivity contribution in [1.82, 2.24) is 0 Å². The molecular formula is C3H2F5O2Y-. The largest absolute Gasteiger partial charge is 0.417 e. The average Bonchev–Trinajstić information content (AvgIpc) is 1.62. The second-order valence-corrected chi connectivity index (χ2v) is 1.43. The van der Waals surface area contributed by atoms with Gasteiger partial charge in [-0.3, -0.25) is 0 Å². The van der Waals surface area contributed by atoms with Gasteiger partial charge in [0.05, 0.1) is 6.43 Å². The van der Waals surface area contributed by atoms with Crippen LogP contribution in [-0.4, -0.2) is 22.2 Å². The van der Waals surface area contributed by atoms with Gasteiger partial charge in [0.1, 0.15) is 0 Å². The Morgan fingerprint density at radius 1 is 1.00 bits per heavy atom. The molecule has 0 aliphatic heterocycles. The first-order chi connectivity index (χ1) is 4.19. The van der Waals surface area contributed by atoms with E-state index in [1.807, 2.05) is 0 Å². The van der Waals surface area contributed by atoms with E-state index in [1.54, 1.807) is 0 Å². The molecule has 0 unspecified atom stereocenters. The normalized spacial score (nSPS) is 13.1. The average molecular weight is 254 g/mol. The zero-order valence-corrected chi connectivity index (χ0v) is 7.70. The monoisotopic (exact) mass is 254 g/mol. The summed E-state index contributed by atoms with van der Waals surface area (Å²) in [6, 6.07) is 0. The van der Waals surface area contributed by atoms with Gasteiger partial charge in [-0.05, 0) is 0 Å². The van der Waals surface area contributed by atoms with Gasteiger partial charge in [-0.15, -0.1) is 0 Å². The third kappa shape index (κ3) is 3.27. The molecule has 0 rings (SSSR count). The second kappa shape index (κ2) is 4.07. The van der Waals surface area contributed by atoms with Gasteiger partial charge in [0.15, 0.2) is 5.79 Å². The van der Waals surface area contributed by atoms with Crippen molar-refractivity contribution >= 4 is 0 Å². The maximum Gasteiger partial charge on any atom is 0.417 e. The summed E-state index contributed by atoms with van der Waals surface area (Å²) < 4.78 is 55.3. The minimum Gasteiger partial charge on any atom is -0.415 e. The Balaban J connectivity index is 0. The van der Waals surface area contributed by atoms with Crippen molar-refractivity contribution in [2.75, 3.05) is 0 Å². The van der Waals surface area contributed by atoms with Gasteiger partial charge >= 0.3 is 6.18 Å². The van der Waals surface area contributed by atoms with Crippen molar-refractivity contribution in [2.45, 2.75) is 12.0 Å². The number of alkyl halides is 3. The van der Waals surface area contributed by atoms with Gasteiger partial charge < -0.3 is 19.0 Å². The van der Waals surface area contributed by atoms with E-state index in [0.717, 1.165) is 0 Å². The predicted octanol–water partition coefficient (Wildman–Crippen LogP) is 0.656. The maximum absolute atomic E-state index is 11.1. The van der Waals surface area contributed by atoms with Gasteiger partial charge in [0, 0.05) is 32.7 Å². The van der Waals surface area contributed by atoms with Crippen molar-refractivity contribution in [1.29, 1.82) is 0 Å². The molecule has 2 N–H and O–H groups in total. The van der Waals surface area contributed by atoms with Gasteiger partial charge in [-0.1, -0.05) is 0 Å². The van der Waals surface area contributed by atoms with Gasteiger partial charge in [0.2, 0.25) is 0 Å². The quantitative estimate of drug-likeness (QED) is 0.410. The van der Waals surface area contributed by atoms with Crippen LogP contribution in [0.15, 0.2) is 0 Å². The first-order valence-electron chi connectivity index (χ1n) is 1.89. The third-order valence-electron chi connectivity index (χ3n) is 0.659. The van der Waals surface area contributed by atoms with Crippen LogP contribution < -0.4 is 0 Å². The molecule has 0 aromatic carbocycles. The maximum atomic E-state index is 11.1. The van der Waals surface area contributed by atoms with E-state index in [2.05, 4.69) is 0 Å². The first-order valence-corrected chi connectivity index (χ1v) is 1.89. The molecule has 0 amide bonds. The van der Waals surface area contributed by atoms with E-state index in [1.165, 1.54) is 0 Å². The molecule has 0 spiro atoms. The fourth-order valence-electron chi connectivity index (χ4n) is 0.107. The summed E-state index contributed by atoms with van der Waals surface area (Å²) in [5, 5.41) is 15.1. The van der Waals surface area contributed by atoms with Crippen LogP contribution in [0.5, 0.6) is 0 Å². The smallest absolute Gasteiger partial charge is 0.415 e. The predicted molar refractivity (Wildman–Crippen MR) is 18.7 cm³/mol. The zero-order valence-electron chi connectivity index (χ0n) is 4.86. The number of halogens is 5. The molecule has 1 radical (unpaired) electrons. The van der Waals surface area contributed by atoms with Gasteiger partial charge in [-0.25, -0.2) is 0 Å². The van der Waals surface area contributed by atoms with E-state index in [0.29, 0.717) is 0 Å². The molecule has 2 nitrogen and oxygen atoms in total. The number of hydrogen-bond donors (Lipinski definition) is 2. The fourth-order valence-corrected chi connectivity index (χ4v) is 0.107. The van der Waals surface area contributed by atoms with E-state index in [-0.39, 0.29) is 32.7 Å². The number of aliphatic hydroxyl groups is 2. The summed E-state index contributed by atoms with van der Waals surface area (Å²) in [7, 11) is 0. The molecule has 8 heteroatoms. The van der Waals surface area contributed by atoms with Gasteiger partial charge in [0.25, 0.3) is 0 Å². The molecule has 11 heavy (non-hydrogen) atoms. The van der Waals surface area contributed by atoms with Crippen LogP contribution in [0.25, 0.3) is 0 Å². The molecule has 0 atom stereocenters. The zero-order chi connectivity index (χ0) is 8.58. The molecule has 0 aliphatic rings. The van der Waals surface area contributed by atoms with Crippen molar-refractivity contribution < 1.29 is 64.9 Å². The van der Waals surface area contributed by atoms with Crippen molar-refractivity contribution in [3.63, 3.8) is 0 Å². The van der Waals surface area contributed by atoms with E-state index in [4.69, 9.17) is 10.2 Å². The summed E-state index contributed by atoms with van der Waals surface area (Å²) in [6.07, 6.45) is -9.26. The number of hydrogen-bond acceptors (Lipinski definition) is 2.